The number of ether oxygens (including phenoxy) is 3. The van der Waals surface area contributed by atoms with Gasteiger partial charge in [0.2, 0.25) is 6.23 Å². The second kappa shape index (κ2) is 19.2. The van der Waals surface area contributed by atoms with Crippen LogP contribution in [0.25, 0.3) is 5.57 Å². The maximum absolute atomic E-state index is 12.5. The molecule has 0 N–H and O–H groups in total. The van der Waals surface area contributed by atoms with Gasteiger partial charge in [-0.3, -0.25) is 4.48 Å². The summed E-state index contributed by atoms with van der Waals surface area (Å²) in [7, 11) is 2.19. The minimum absolute atomic E-state index is 0. The Hall–Kier alpha value is -0.940. The molecule has 0 aliphatic carbocycles. The Bertz CT molecular complexity index is 789. The van der Waals surface area contributed by atoms with E-state index in [0.29, 0.717) is 17.0 Å². The van der Waals surface area contributed by atoms with Crippen molar-refractivity contribution < 1.29 is 47.5 Å². The van der Waals surface area contributed by atoms with Gasteiger partial charge in [-0.1, -0.05) is 77.7 Å². The number of halogens is 1. The fourth-order valence-electron chi connectivity index (χ4n) is 4.76. The molecular weight excluding hydrogens is 601 g/mol. The third-order valence-corrected chi connectivity index (χ3v) is 7.39. The average Bonchev–Trinajstić information content (AvgIpc) is 3.31. The van der Waals surface area contributed by atoms with Gasteiger partial charge in [0.1, 0.15) is 12.2 Å². The molecule has 214 valence electrons. The Kier molecular flexibility index (Phi) is 17.7. The highest BCUT2D eigenvalue weighted by Crippen LogP contribution is 2.33. The molecule has 0 radical (unpaired) electrons. The zero-order chi connectivity index (χ0) is 26.2. The fraction of sp³-hybridized carbons (Fsp3) is 0.821. The number of carbonyl (C=O) groups excluding carboxylic acids is 1. The molecule has 37 heavy (non-hydrogen) atoms. The van der Waals surface area contributed by atoms with Crippen LogP contribution in [-0.4, -0.2) is 58.5 Å². The lowest BCUT2D eigenvalue weighted by Crippen LogP contribution is -3.00. The first-order valence-corrected chi connectivity index (χ1v) is 15.0. The largest absolute Gasteiger partial charge is 1.00 e. The van der Waals surface area contributed by atoms with Gasteiger partial charge >= 0.3 is 6.16 Å². The molecule has 2 rings (SSSR count). The van der Waals surface area contributed by atoms with E-state index < -0.39 is 6.16 Å². The SMILES string of the molecule is CCCCCCCCCC(OC(=O)OC(C)C)[N+]1(C)CCC=C(c2nsnc2OCCCCCC)C1.[I-]. The molecule has 1 aromatic heterocycles. The van der Waals surface area contributed by atoms with Gasteiger partial charge in [-0.25, -0.2) is 4.79 Å². The number of aromatic nitrogens is 2. The van der Waals surface area contributed by atoms with Gasteiger partial charge in [0, 0.05) is 18.4 Å². The van der Waals surface area contributed by atoms with E-state index in [1.807, 2.05) is 13.8 Å². The first-order chi connectivity index (χ1) is 17.4. The van der Waals surface area contributed by atoms with Crippen molar-refractivity contribution in [2.45, 2.75) is 123 Å². The molecule has 0 saturated heterocycles. The predicted octanol–water partition coefficient (Wildman–Crippen LogP) is 4.76. The Morgan fingerprint density at radius 1 is 0.973 bits per heavy atom. The van der Waals surface area contributed by atoms with Crippen molar-refractivity contribution in [3.63, 3.8) is 0 Å². The van der Waals surface area contributed by atoms with E-state index >= 15 is 0 Å². The van der Waals surface area contributed by atoms with Crippen LogP contribution in [-0.2, 0) is 9.47 Å². The van der Waals surface area contributed by atoms with Gasteiger partial charge in [-0.15, -0.1) is 4.37 Å². The van der Waals surface area contributed by atoms with E-state index in [1.54, 1.807) is 0 Å². The molecule has 0 saturated carbocycles. The van der Waals surface area contributed by atoms with Crippen LogP contribution in [0.5, 0.6) is 5.88 Å². The van der Waals surface area contributed by atoms with Crippen molar-refractivity contribution in [3.8, 4) is 5.88 Å². The second-order valence-corrected chi connectivity index (χ2v) is 11.1. The van der Waals surface area contributed by atoms with Crippen LogP contribution in [0.1, 0.15) is 117 Å². The van der Waals surface area contributed by atoms with Crippen LogP contribution in [0.2, 0.25) is 0 Å². The maximum Gasteiger partial charge on any atom is 0.513 e. The van der Waals surface area contributed by atoms with Crippen molar-refractivity contribution in [3.05, 3.63) is 11.8 Å². The summed E-state index contributed by atoms with van der Waals surface area (Å²) in [4.78, 5) is 12.5. The Balaban J connectivity index is 0.00000684. The Morgan fingerprint density at radius 2 is 1.62 bits per heavy atom. The fourth-order valence-corrected chi connectivity index (χ4v) is 5.29. The molecule has 0 fully saturated rings. The molecule has 0 aromatic carbocycles. The minimum atomic E-state index is -0.570. The van der Waals surface area contributed by atoms with E-state index in [2.05, 4.69) is 35.7 Å². The van der Waals surface area contributed by atoms with Crippen LogP contribution in [0.3, 0.4) is 0 Å². The summed E-state index contributed by atoms with van der Waals surface area (Å²) in [5.41, 5.74) is 1.98. The molecule has 1 aromatic rings. The molecule has 0 amide bonds. The number of rotatable bonds is 18. The summed E-state index contributed by atoms with van der Waals surface area (Å²) >= 11 is 1.20. The van der Waals surface area contributed by atoms with Crippen LogP contribution >= 0.6 is 11.7 Å². The number of likely N-dealkylation sites (N-methyl/N-ethyl adjacent to an activating group) is 1. The van der Waals surface area contributed by atoms with E-state index in [-0.39, 0.29) is 36.3 Å². The van der Waals surface area contributed by atoms with Gasteiger partial charge < -0.3 is 38.2 Å². The molecule has 2 atom stereocenters. The predicted molar refractivity (Wildman–Crippen MR) is 147 cm³/mol. The van der Waals surface area contributed by atoms with Gasteiger partial charge in [-0.05, 0) is 26.7 Å². The van der Waals surface area contributed by atoms with E-state index in [1.165, 1.54) is 63.1 Å². The smallest absolute Gasteiger partial charge is 0.513 e. The molecule has 7 nitrogen and oxygen atoms in total. The lowest BCUT2D eigenvalue weighted by Gasteiger charge is -2.42. The van der Waals surface area contributed by atoms with Crippen LogP contribution in [0.4, 0.5) is 4.79 Å². The quantitative estimate of drug-likeness (QED) is 0.0987. The summed E-state index contributed by atoms with van der Waals surface area (Å²) in [6.07, 6.45) is 16.2. The normalized spacial score (nSPS) is 18.2. The Labute approximate surface area is 246 Å². The number of quaternary nitrogens is 1. The first-order valence-electron chi connectivity index (χ1n) is 14.3. The highest BCUT2D eigenvalue weighted by molar-refractivity contribution is 6.99. The number of carbonyl (C=O) groups is 1. The molecule has 2 heterocycles. The van der Waals surface area contributed by atoms with Crippen molar-refractivity contribution in [1.29, 1.82) is 0 Å². The van der Waals surface area contributed by atoms with Crippen molar-refractivity contribution >= 4 is 23.5 Å². The molecule has 0 spiro atoms. The summed E-state index contributed by atoms with van der Waals surface area (Å²) in [6, 6.07) is 0. The highest BCUT2D eigenvalue weighted by Gasteiger charge is 2.39. The molecular formula is C28H50IN3O4S. The molecule has 9 heteroatoms. The van der Waals surface area contributed by atoms with Gasteiger partial charge in [0.25, 0.3) is 5.88 Å². The standard InChI is InChI=1S/C28H50N3O4S.HI/c1-6-8-10-12-13-14-15-19-25(35-28(32)34-23(3)4)31(5)20-17-18-24(22-31)26-27(30-36-29-26)33-21-16-11-9-7-2;/h18,23,25H,6-17,19-22H2,1-5H3;1H/q+1;/p-1. The van der Waals surface area contributed by atoms with Crippen LogP contribution in [0.15, 0.2) is 6.08 Å². The van der Waals surface area contributed by atoms with Gasteiger partial charge in [0.15, 0.2) is 0 Å². The zero-order valence-electron chi connectivity index (χ0n) is 23.8. The zero-order valence-corrected chi connectivity index (χ0v) is 26.8. The van der Waals surface area contributed by atoms with Gasteiger partial charge in [0.05, 0.1) is 38.0 Å². The lowest BCUT2D eigenvalue weighted by molar-refractivity contribution is -0.947. The number of hydrogen-bond donors (Lipinski definition) is 0. The summed E-state index contributed by atoms with van der Waals surface area (Å²) in [5.74, 6) is 0.639. The monoisotopic (exact) mass is 651 g/mol. The summed E-state index contributed by atoms with van der Waals surface area (Å²) in [6.45, 7) is 10.5. The second-order valence-electron chi connectivity index (χ2n) is 10.6. The minimum Gasteiger partial charge on any atom is -1.00 e. The lowest BCUT2D eigenvalue weighted by atomic mass is 10.0. The van der Waals surface area contributed by atoms with E-state index in [4.69, 9.17) is 14.2 Å². The molecule has 2 unspecified atom stereocenters. The number of nitrogens with zero attached hydrogens (tertiary/aromatic N) is 3. The van der Waals surface area contributed by atoms with Crippen molar-refractivity contribution in [1.82, 2.24) is 8.75 Å². The van der Waals surface area contributed by atoms with Crippen molar-refractivity contribution in [2.75, 3.05) is 26.7 Å². The summed E-state index contributed by atoms with van der Waals surface area (Å²) < 4.78 is 27.0. The number of unbranched alkanes of at least 4 members (excludes halogenated alkanes) is 9. The number of hydrogen-bond acceptors (Lipinski definition) is 7. The maximum atomic E-state index is 12.5. The van der Waals surface area contributed by atoms with E-state index in [0.717, 1.165) is 56.5 Å². The highest BCUT2D eigenvalue weighted by atomic mass is 127. The molecule has 1 aliphatic heterocycles. The van der Waals surface area contributed by atoms with Crippen molar-refractivity contribution in [2.24, 2.45) is 0 Å². The Morgan fingerprint density at radius 3 is 2.30 bits per heavy atom. The third-order valence-electron chi connectivity index (χ3n) is 6.88. The van der Waals surface area contributed by atoms with Gasteiger partial charge in [-0.2, -0.15) is 4.37 Å². The summed E-state index contributed by atoms with van der Waals surface area (Å²) in [5, 5.41) is 0. The third kappa shape index (κ3) is 12.6. The van der Waals surface area contributed by atoms with Crippen LogP contribution in [0, 0.1) is 0 Å². The van der Waals surface area contributed by atoms with Crippen LogP contribution < -0.4 is 28.7 Å². The molecule has 1 aliphatic rings. The molecule has 0 bridgehead atoms. The topological polar surface area (TPSA) is 70.5 Å². The first kappa shape index (κ1) is 34.1. The average molecular weight is 652 g/mol. The van der Waals surface area contributed by atoms with E-state index in [9.17, 15) is 4.79 Å².